The lowest BCUT2D eigenvalue weighted by Gasteiger charge is -2.29. The van der Waals surface area contributed by atoms with Gasteiger partial charge in [0, 0.05) is 12.1 Å². The van der Waals surface area contributed by atoms with E-state index in [-0.39, 0.29) is 11.7 Å². The van der Waals surface area contributed by atoms with Crippen molar-refractivity contribution in [3.05, 3.63) is 29.6 Å². The second kappa shape index (κ2) is 6.70. The van der Waals surface area contributed by atoms with E-state index in [9.17, 15) is 9.18 Å². The van der Waals surface area contributed by atoms with Gasteiger partial charge in [-0.05, 0) is 49.5 Å². The summed E-state index contributed by atoms with van der Waals surface area (Å²) >= 11 is 0. The van der Waals surface area contributed by atoms with Crippen LogP contribution < -0.4 is 15.4 Å². The molecule has 1 aliphatic heterocycles. The number of carbonyl (C=O) groups is 1. The Bertz CT molecular complexity index is 479. The fourth-order valence-corrected chi connectivity index (χ4v) is 2.50. The minimum atomic E-state index is -0.462. The maximum atomic E-state index is 13.3. The number of methoxy groups -OCH3 is 1. The van der Waals surface area contributed by atoms with E-state index >= 15 is 0 Å². The molecule has 2 unspecified atom stereocenters. The fourth-order valence-electron chi connectivity index (χ4n) is 2.50. The first-order valence-corrected chi connectivity index (χ1v) is 6.94. The van der Waals surface area contributed by atoms with Gasteiger partial charge >= 0.3 is 0 Å². The average molecular weight is 280 g/mol. The van der Waals surface area contributed by atoms with Crippen molar-refractivity contribution >= 4 is 5.91 Å². The van der Waals surface area contributed by atoms with E-state index in [1.165, 1.54) is 25.3 Å². The van der Waals surface area contributed by atoms with Gasteiger partial charge < -0.3 is 15.4 Å². The molecule has 0 radical (unpaired) electrons. The van der Waals surface area contributed by atoms with Crippen LogP contribution in [-0.4, -0.2) is 32.7 Å². The standard InChI is InChI=1S/C15H21FN2O2/c1-10-8-17-6-5-12(10)9-18-15(19)11-3-4-13(16)14(7-11)20-2/h3-4,7,10,12,17H,5-6,8-9H2,1-2H3,(H,18,19). The summed E-state index contributed by atoms with van der Waals surface area (Å²) in [4.78, 5) is 12.1. The Morgan fingerprint density at radius 3 is 3.05 bits per heavy atom. The van der Waals surface area contributed by atoms with Gasteiger partial charge in [-0.25, -0.2) is 4.39 Å². The Morgan fingerprint density at radius 2 is 2.35 bits per heavy atom. The fraction of sp³-hybridized carbons (Fsp3) is 0.533. The number of hydrogen-bond donors (Lipinski definition) is 2. The highest BCUT2D eigenvalue weighted by molar-refractivity contribution is 5.94. The Balaban J connectivity index is 1.94. The quantitative estimate of drug-likeness (QED) is 0.884. The van der Waals surface area contributed by atoms with Gasteiger partial charge in [0.1, 0.15) is 0 Å². The van der Waals surface area contributed by atoms with Crippen molar-refractivity contribution in [1.29, 1.82) is 0 Å². The van der Waals surface area contributed by atoms with E-state index in [0.717, 1.165) is 19.5 Å². The van der Waals surface area contributed by atoms with Crippen molar-refractivity contribution in [2.24, 2.45) is 11.8 Å². The number of ether oxygens (including phenoxy) is 1. The molecule has 1 aliphatic rings. The van der Waals surface area contributed by atoms with Crippen LogP contribution in [0.5, 0.6) is 5.75 Å². The molecule has 2 atom stereocenters. The number of halogens is 1. The van der Waals surface area contributed by atoms with E-state index in [1.807, 2.05) is 0 Å². The van der Waals surface area contributed by atoms with Gasteiger partial charge in [-0.15, -0.1) is 0 Å². The van der Waals surface area contributed by atoms with Crippen LogP contribution in [-0.2, 0) is 0 Å². The van der Waals surface area contributed by atoms with Gasteiger partial charge in [0.2, 0.25) is 0 Å². The van der Waals surface area contributed by atoms with Crippen LogP contribution in [0.1, 0.15) is 23.7 Å². The van der Waals surface area contributed by atoms with Crippen LogP contribution in [0.4, 0.5) is 4.39 Å². The molecular weight excluding hydrogens is 259 g/mol. The van der Waals surface area contributed by atoms with Crippen molar-refractivity contribution in [1.82, 2.24) is 10.6 Å². The summed E-state index contributed by atoms with van der Waals surface area (Å²) in [5, 5.41) is 6.26. The van der Waals surface area contributed by atoms with Crippen molar-refractivity contribution in [2.75, 3.05) is 26.7 Å². The largest absolute Gasteiger partial charge is 0.494 e. The van der Waals surface area contributed by atoms with Crippen LogP contribution >= 0.6 is 0 Å². The number of nitrogens with one attached hydrogen (secondary N) is 2. The van der Waals surface area contributed by atoms with Crippen LogP contribution in [0.2, 0.25) is 0 Å². The molecule has 2 N–H and O–H groups in total. The van der Waals surface area contributed by atoms with Crippen molar-refractivity contribution in [3.8, 4) is 5.75 Å². The molecule has 0 aromatic heterocycles. The Morgan fingerprint density at radius 1 is 1.55 bits per heavy atom. The molecule has 5 heteroatoms. The van der Waals surface area contributed by atoms with Gasteiger partial charge in [-0.3, -0.25) is 4.79 Å². The molecule has 1 saturated heterocycles. The SMILES string of the molecule is COc1cc(C(=O)NCC2CCNCC2C)ccc1F. The molecule has 0 aliphatic carbocycles. The highest BCUT2D eigenvalue weighted by Crippen LogP contribution is 2.19. The third-order valence-electron chi connectivity index (χ3n) is 3.90. The van der Waals surface area contributed by atoms with Gasteiger partial charge in [-0.2, -0.15) is 0 Å². The van der Waals surface area contributed by atoms with Crippen molar-refractivity contribution in [3.63, 3.8) is 0 Å². The van der Waals surface area contributed by atoms with Crippen molar-refractivity contribution < 1.29 is 13.9 Å². The molecule has 0 saturated carbocycles. The topological polar surface area (TPSA) is 50.4 Å². The molecule has 1 amide bonds. The molecule has 1 heterocycles. The van der Waals surface area contributed by atoms with Gasteiger partial charge in [0.05, 0.1) is 7.11 Å². The highest BCUT2D eigenvalue weighted by Gasteiger charge is 2.21. The zero-order valence-corrected chi connectivity index (χ0v) is 11.9. The maximum Gasteiger partial charge on any atom is 0.251 e. The zero-order chi connectivity index (χ0) is 14.5. The molecular formula is C15H21FN2O2. The number of carbonyl (C=O) groups excluding carboxylic acids is 1. The lowest BCUT2D eigenvalue weighted by Crippen LogP contribution is -2.41. The van der Waals surface area contributed by atoms with Gasteiger partial charge in [0.25, 0.3) is 5.91 Å². The molecule has 0 bridgehead atoms. The molecule has 20 heavy (non-hydrogen) atoms. The molecule has 4 nitrogen and oxygen atoms in total. The third-order valence-corrected chi connectivity index (χ3v) is 3.90. The van der Waals surface area contributed by atoms with Gasteiger partial charge in [-0.1, -0.05) is 6.92 Å². The lowest BCUT2D eigenvalue weighted by molar-refractivity contribution is 0.0937. The summed E-state index contributed by atoms with van der Waals surface area (Å²) in [6, 6.07) is 4.15. The summed E-state index contributed by atoms with van der Waals surface area (Å²) in [6.07, 6.45) is 1.06. The molecule has 110 valence electrons. The van der Waals surface area contributed by atoms with E-state index in [4.69, 9.17) is 4.74 Å². The number of amides is 1. The Labute approximate surface area is 118 Å². The van der Waals surface area contributed by atoms with E-state index < -0.39 is 5.82 Å². The molecule has 1 fully saturated rings. The monoisotopic (exact) mass is 280 g/mol. The van der Waals surface area contributed by atoms with E-state index in [0.29, 0.717) is 23.9 Å². The summed E-state index contributed by atoms with van der Waals surface area (Å²) in [6.45, 7) is 4.82. The first-order valence-electron chi connectivity index (χ1n) is 6.94. The summed E-state index contributed by atoms with van der Waals surface area (Å²) < 4.78 is 18.2. The summed E-state index contributed by atoms with van der Waals surface area (Å²) in [5.74, 6) is 0.479. The number of rotatable bonds is 4. The number of piperidine rings is 1. The van der Waals surface area contributed by atoms with Crippen LogP contribution in [0.15, 0.2) is 18.2 Å². The van der Waals surface area contributed by atoms with Crippen LogP contribution in [0, 0.1) is 17.7 Å². The summed E-state index contributed by atoms with van der Waals surface area (Å²) in [7, 11) is 1.39. The van der Waals surface area contributed by atoms with Crippen LogP contribution in [0.25, 0.3) is 0 Å². The predicted octanol–water partition coefficient (Wildman–Crippen LogP) is 1.81. The molecule has 2 rings (SSSR count). The maximum absolute atomic E-state index is 13.3. The minimum absolute atomic E-state index is 0.0906. The zero-order valence-electron chi connectivity index (χ0n) is 11.9. The number of benzene rings is 1. The molecule has 1 aromatic carbocycles. The minimum Gasteiger partial charge on any atom is -0.494 e. The first-order chi connectivity index (χ1) is 9.61. The first kappa shape index (κ1) is 14.8. The second-order valence-electron chi connectivity index (χ2n) is 5.29. The highest BCUT2D eigenvalue weighted by atomic mass is 19.1. The molecule has 0 spiro atoms. The van der Waals surface area contributed by atoms with E-state index in [1.54, 1.807) is 0 Å². The van der Waals surface area contributed by atoms with Crippen LogP contribution in [0.3, 0.4) is 0 Å². The third kappa shape index (κ3) is 3.48. The average Bonchev–Trinajstić information content (AvgIpc) is 2.46. The predicted molar refractivity (Wildman–Crippen MR) is 75.4 cm³/mol. The Hall–Kier alpha value is -1.62. The second-order valence-corrected chi connectivity index (χ2v) is 5.29. The Kier molecular flexibility index (Phi) is 4.95. The lowest BCUT2D eigenvalue weighted by atomic mass is 9.88. The van der Waals surface area contributed by atoms with Gasteiger partial charge in [0.15, 0.2) is 11.6 Å². The van der Waals surface area contributed by atoms with E-state index in [2.05, 4.69) is 17.6 Å². The number of hydrogen-bond acceptors (Lipinski definition) is 3. The molecule has 1 aromatic rings. The normalized spacial score (nSPS) is 22.4. The van der Waals surface area contributed by atoms with Crippen molar-refractivity contribution in [2.45, 2.75) is 13.3 Å². The summed E-state index contributed by atoms with van der Waals surface area (Å²) in [5.41, 5.74) is 0.421. The smallest absolute Gasteiger partial charge is 0.251 e.